The Morgan fingerprint density at radius 3 is 2.67 bits per heavy atom. The minimum atomic E-state index is -0.356. The van der Waals surface area contributed by atoms with Gasteiger partial charge in [0, 0.05) is 24.2 Å². The lowest BCUT2D eigenvalue weighted by Gasteiger charge is -2.17. The third kappa shape index (κ3) is 3.47. The van der Waals surface area contributed by atoms with Crippen molar-refractivity contribution in [2.45, 2.75) is 32.1 Å². The van der Waals surface area contributed by atoms with E-state index in [1.54, 1.807) is 17.0 Å². The summed E-state index contributed by atoms with van der Waals surface area (Å²) in [6.45, 7) is 4.76. The fourth-order valence-corrected chi connectivity index (χ4v) is 3.31. The molecule has 1 aliphatic rings. The molecule has 2 heterocycles. The molecular weight excluding hydrogens is 345 g/mol. The van der Waals surface area contributed by atoms with E-state index in [0.717, 1.165) is 5.69 Å². The number of nitrogens with zero attached hydrogens (tertiary/aromatic N) is 3. The van der Waals surface area contributed by atoms with Gasteiger partial charge in [-0.15, -0.1) is 0 Å². The standard InChI is InChI=1S/C21H20FN3O2/c1-13(2)14-6-8-18(9-7-14)25-12-16(11-19(25)26)21-23-20(24-27-21)15-4-3-5-17(22)10-15/h3-10,13,16H,11-12H2,1-2H3. The predicted octanol–water partition coefficient (Wildman–Crippen LogP) is 4.52. The van der Waals surface area contributed by atoms with Crippen molar-refractivity contribution in [2.24, 2.45) is 0 Å². The van der Waals surface area contributed by atoms with Crippen molar-refractivity contribution < 1.29 is 13.7 Å². The Kier molecular flexibility index (Phi) is 4.48. The summed E-state index contributed by atoms with van der Waals surface area (Å²) < 4.78 is 18.8. The first-order chi connectivity index (χ1) is 13.0. The molecule has 0 N–H and O–H groups in total. The van der Waals surface area contributed by atoms with Gasteiger partial charge in [0.2, 0.25) is 17.6 Å². The summed E-state index contributed by atoms with van der Waals surface area (Å²) in [6, 6.07) is 14.1. The smallest absolute Gasteiger partial charge is 0.232 e. The van der Waals surface area contributed by atoms with Crippen LogP contribution in [0.2, 0.25) is 0 Å². The summed E-state index contributed by atoms with van der Waals surface area (Å²) in [5.74, 6) is 0.687. The molecule has 1 saturated heterocycles. The lowest BCUT2D eigenvalue weighted by molar-refractivity contribution is -0.117. The maximum Gasteiger partial charge on any atom is 0.232 e. The Labute approximate surface area is 156 Å². The molecule has 0 saturated carbocycles. The van der Waals surface area contributed by atoms with Crippen molar-refractivity contribution in [2.75, 3.05) is 11.4 Å². The summed E-state index contributed by atoms with van der Waals surface area (Å²) in [6.07, 6.45) is 0.316. The zero-order chi connectivity index (χ0) is 19.0. The number of benzene rings is 2. The molecule has 1 atom stereocenters. The van der Waals surface area contributed by atoms with Gasteiger partial charge in [0.15, 0.2) is 0 Å². The van der Waals surface area contributed by atoms with Crippen LogP contribution < -0.4 is 4.90 Å². The maximum absolute atomic E-state index is 13.4. The summed E-state index contributed by atoms with van der Waals surface area (Å²) >= 11 is 0. The molecule has 0 spiro atoms. The number of rotatable bonds is 4. The van der Waals surface area contributed by atoms with Crippen LogP contribution in [0.5, 0.6) is 0 Å². The van der Waals surface area contributed by atoms with Gasteiger partial charge in [-0.1, -0.05) is 43.3 Å². The monoisotopic (exact) mass is 365 g/mol. The van der Waals surface area contributed by atoms with Gasteiger partial charge in [-0.2, -0.15) is 4.98 Å². The lowest BCUT2D eigenvalue weighted by atomic mass is 10.0. The zero-order valence-corrected chi connectivity index (χ0v) is 15.2. The highest BCUT2D eigenvalue weighted by molar-refractivity contribution is 5.96. The third-order valence-corrected chi connectivity index (χ3v) is 4.87. The van der Waals surface area contributed by atoms with Crippen LogP contribution in [-0.2, 0) is 4.79 Å². The highest BCUT2D eigenvalue weighted by atomic mass is 19.1. The summed E-state index contributed by atoms with van der Waals surface area (Å²) in [5, 5.41) is 3.94. The molecule has 0 aliphatic carbocycles. The number of amides is 1. The molecule has 5 nitrogen and oxygen atoms in total. The van der Waals surface area contributed by atoms with Crippen LogP contribution in [0.3, 0.4) is 0 Å². The molecule has 2 aromatic carbocycles. The molecule has 0 radical (unpaired) electrons. The molecule has 4 rings (SSSR count). The summed E-state index contributed by atoms with van der Waals surface area (Å²) in [4.78, 5) is 18.6. The van der Waals surface area contributed by atoms with Gasteiger partial charge < -0.3 is 9.42 Å². The van der Waals surface area contributed by atoms with E-state index in [-0.39, 0.29) is 17.6 Å². The second kappa shape index (κ2) is 6.95. The first-order valence-corrected chi connectivity index (χ1v) is 9.01. The lowest BCUT2D eigenvalue weighted by Crippen LogP contribution is -2.24. The van der Waals surface area contributed by atoms with Crippen LogP contribution in [0.15, 0.2) is 53.1 Å². The molecule has 1 unspecified atom stereocenters. The number of hydrogen-bond acceptors (Lipinski definition) is 4. The van der Waals surface area contributed by atoms with Gasteiger partial charge in [0.1, 0.15) is 5.82 Å². The van der Waals surface area contributed by atoms with Crippen LogP contribution in [-0.4, -0.2) is 22.6 Å². The number of aromatic nitrogens is 2. The average molecular weight is 365 g/mol. The normalized spacial score (nSPS) is 17.1. The van der Waals surface area contributed by atoms with E-state index in [9.17, 15) is 9.18 Å². The Hall–Kier alpha value is -3.02. The van der Waals surface area contributed by atoms with Gasteiger partial charge in [0.05, 0.1) is 5.92 Å². The van der Waals surface area contributed by atoms with E-state index in [2.05, 4.69) is 36.1 Å². The van der Waals surface area contributed by atoms with Crippen LogP contribution >= 0.6 is 0 Å². The molecule has 1 fully saturated rings. The summed E-state index contributed by atoms with van der Waals surface area (Å²) in [5.41, 5.74) is 2.66. The van der Waals surface area contributed by atoms with E-state index in [1.165, 1.54) is 17.7 Å². The zero-order valence-electron chi connectivity index (χ0n) is 15.2. The van der Waals surface area contributed by atoms with Crippen molar-refractivity contribution in [1.82, 2.24) is 10.1 Å². The Bertz CT molecular complexity index is 966. The van der Waals surface area contributed by atoms with E-state index < -0.39 is 0 Å². The highest BCUT2D eigenvalue weighted by Crippen LogP contribution is 2.32. The van der Waals surface area contributed by atoms with Gasteiger partial charge in [0.25, 0.3) is 0 Å². The van der Waals surface area contributed by atoms with Crippen molar-refractivity contribution in [3.63, 3.8) is 0 Å². The molecule has 0 bridgehead atoms. The molecule has 1 aromatic heterocycles. The SMILES string of the molecule is CC(C)c1ccc(N2CC(c3nc(-c4cccc(F)c4)no3)CC2=O)cc1. The molecule has 3 aromatic rings. The molecule has 27 heavy (non-hydrogen) atoms. The number of anilines is 1. The van der Waals surface area contributed by atoms with Crippen LogP contribution in [0.25, 0.3) is 11.4 Å². The van der Waals surface area contributed by atoms with E-state index in [4.69, 9.17) is 4.52 Å². The number of halogens is 1. The predicted molar refractivity (Wildman–Crippen MR) is 99.9 cm³/mol. The Morgan fingerprint density at radius 2 is 1.96 bits per heavy atom. The highest BCUT2D eigenvalue weighted by Gasteiger charge is 2.35. The summed E-state index contributed by atoms with van der Waals surface area (Å²) in [7, 11) is 0. The fourth-order valence-electron chi connectivity index (χ4n) is 3.31. The number of carbonyl (C=O) groups excluding carboxylic acids is 1. The van der Waals surface area contributed by atoms with Crippen LogP contribution in [0.4, 0.5) is 10.1 Å². The van der Waals surface area contributed by atoms with Gasteiger partial charge in [-0.05, 0) is 35.7 Å². The number of carbonyl (C=O) groups is 1. The van der Waals surface area contributed by atoms with Crippen molar-refractivity contribution in [1.29, 1.82) is 0 Å². The Balaban J connectivity index is 1.52. The van der Waals surface area contributed by atoms with Crippen LogP contribution in [0, 0.1) is 5.82 Å². The molecular formula is C21H20FN3O2. The largest absolute Gasteiger partial charge is 0.339 e. The molecule has 6 heteroatoms. The van der Waals surface area contributed by atoms with E-state index >= 15 is 0 Å². The minimum absolute atomic E-state index is 0.0304. The quantitative estimate of drug-likeness (QED) is 0.682. The molecule has 1 aliphatic heterocycles. The topological polar surface area (TPSA) is 59.2 Å². The van der Waals surface area contributed by atoms with Crippen molar-refractivity contribution >= 4 is 11.6 Å². The first kappa shape index (κ1) is 17.4. The Morgan fingerprint density at radius 1 is 1.19 bits per heavy atom. The minimum Gasteiger partial charge on any atom is -0.339 e. The van der Waals surface area contributed by atoms with Crippen LogP contribution in [0.1, 0.15) is 43.6 Å². The first-order valence-electron chi connectivity index (χ1n) is 9.01. The average Bonchev–Trinajstić information content (AvgIpc) is 3.29. The van der Waals surface area contributed by atoms with E-state index in [1.807, 2.05) is 12.1 Å². The van der Waals surface area contributed by atoms with E-state index in [0.29, 0.717) is 36.2 Å². The van der Waals surface area contributed by atoms with Crippen molar-refractivity contribution in [3.05, 3.63) is 65.8 Å². The number of hydrogen-bond donors (Lipinski definition) is 0. The van der Waals surface area contributed by atoms with Gasteiger partial charge in [-0.25, -0.2) is 4.39 Å². The second-order valence-corrected chi connectivity index (χ2v) is 7.12. The second-order valence-electron chi connectivity index (χ2n) is 7.12. The molecule has 138 valence electrons. The molecule has 1 amide bonds. The maximum atomic E-state index is 13.4. The van der Waals surface area contributed by atoms with Crippen molar-refractivity contribution in [3.8, 4) is 11.4 Å². The van der Waals surface area contributed by atoms with Gasteiger partial charge >= 0.3 is 0 Å². The van der Waals surface area contributed by atoms with Gasteiger partial charge in [-0.3, -0.25) is 4.79 Å². The third-order valence-electron chi connectivity index (χ3n) is 4.87. The fraction of sp³-hybridized carbons (Fsp3) is 0.286.